The second-order valence-electron chi connectivity index (χ2n) is 8.44. The fourth-order valence-corrected chi connectivity index (χ4v) is 4.75. The van der Waals surface area contributed by atoms with Crippen molar-refractivity contribution in [2.24, 2.45) is 5.92 Å². The van der Waals surface area contributed by atoms with Crippen molar-refractivity contribution < 1.29 is 18.7 Å². The molecule has 174 valence electrons. The molecule has 0 aliphatic heterocycles. The molecule has 4 rings (SSSR count). The molecule has 1 aliphatic carbocycles. The molecule has 3 aromatic rings. The number of amides is 2. The minimum Gasteiger partial charge on any atom is -0.493 e. The molecule has 1 aromatic carbocycles. The number of hydrogen-bond acceptors (Lipinski definition) is 7. The van der Waals surface area contributed by atoms with E-state index in [1.54, 1.807) is 17.5 Å². The number of hydrogen-bond donors (Lipinski definition) is 2. The lowest BCUT2D eigenvalue weighted by Crippen LogP contribution is -2.37. The Labute approximate surface area is 195 Å². The Bertz CT molecular complexity index is 1210. The van der Waals surface area contributed by atoms with Gasteiger partial charge in [-0.1, -0.05) is 19.1 Å². The van der Waals surface area contributed by atoms with Crippen LogP contribution in [0.4, 0.5) is 5.13 Å². The SMILES string of the molecule is COc1cccc2cc(-c3csc(NC(=O)CCC(=O)NC4CCC(C)CC4)n3)c(=O)oc12. The standard InChI is InChI=1S/C24H27N3O5S/c1-14-6-8-16(9-7-14)25-20(28)10-11-21(29)27-24-26-18(13-33-24)17-12-15-4-3-5-19(31-2)22(15)32-23(17)30/h3-5,12-14,16H,6-11H2,1-2H3,(H,25,28)(H,26,27,29). The Hall–Kier alpha value is -3.20. The van der Waals surface area contributed by atoms with Gasteiger partial charge in [-0.2, -0.15) is 0 Å². The van der Waals surface area contributed by atoms with Crippen LogP contribution in [-0.2, 0) is 9.59 Å². The maximum atomic E-state index is 12.5. The predicted octanol–water partition coefficient (Wildman–Crippen LogP) is 4.34. The zero-order valence-electron chi connectivity index (χ0n) is 18.7. The number of rotatable bonds is 7. The first-order valence-electron chi connectivity index (χ1n) is 11.1. The number of nitrogens with zero attached hydrogens (tertiary/aromatic N) is 1. The first-order valence-corrected chi connectivity index (χ1v) is 12.0. The lowest BCUT2D eigenvalue weighted by molar-refractivity contribution is -0.125. The number of aromatic nitrogens is 1. The van der Waals surface area contributed by atoms with Crippen molar-refractivity contribution in [3.63, 3.8) is 0 Å². The summed E-state index contributed by atoms with van der Waals surface area (Å²) in [5, 5.41) is 8.49. The number of fused-ring (bicyclic) bond motifs is 1. The van der Waals surface area contributed by atoms with Crippen molar-refractivity contribution in [2.75, 3.05) is 12.4 Å². The molecule has 0 bridgehead atoms. The van der Waals surface area contributed by atoms with Crippen molar-refractivity contribution in [3.8, 4) is 17.0 Å². The fourth-order valence-electron chi connectivity index (χ4n) is 4.02. The minimum atomic E-state index is -0.538. The molecule has 1 saturated carbocycles. The average Bonchev–Trinajstić information content (AvgIpc) is 3.26. The summed E-state index contributed by atoms with van der Waals surface area (Å²) in [6.07, 6.45) is 4.45. The number of carbonyl (C=O) groups is 2. The molecule has 0 unspecified atom stereocenters. The third-order valence-corrected chi connectivity index (χ3v) is 6.69. The summed E-state index contributed by atoms with van der Waals surface area (Å²) in [7, 11) is 1.51. The highest BCUT2D eigenvalue weighted by molar-refractivity contribution is 7.14. The van der Waals surface area contributed by atoms with Gasteiger partial charge in [-0.3, -0.25) is 9.59 Å². The molecule has 2 heterocycles. The van der Waals surface area contributed by atoms with E-state index in [9.17, 15) is 14.4 Å². The van der Waals surface area contributed by atoms with E-state index in [-0.39, 0.29) is 30.7 Å². The third kappa shape index (κ3) is 5.60. The summed E-state index contributed by atoms with van der Waals surface area (Å²) in [5.41, 5.74) is 0.550. The highest BCUT2D eigenvalue weighted by Crippen LogP contribution is 2.29. The van der Waals surface area contributed by atoms with Crippen LogP contribution in [0.1, 0.15) is 45.4 Å². The highest BCUT2D eigenvalue weighted by Gasteiger charge is 2.20. The fraction of sp³-hybridized carbons (Fsp3) is 0.417. The van der Waals surface area contributed by atoms with Gasteiger partial charge in [0, 0.05) is 29.6 Å². The maximum Gasteiger partial charge on any atom is 0.345 e. The average molecular weight is 470 g/mol. The summed E-state index contributed by atoms with van der Waals surface area (Å²) in [6.45, 7) is 2.23. The van der Waals surface area contributed by atoms with Gasteiger partial charge in [-0.15, -0.1) is 11.3 Å². The van der Waals surface area contributed by atoms with Crippen molar-refractivity contribution in [2.45, 2.75) is 51.5 Å². The Kier molecular flexibility index (Phi) is 7.08. The number of para-hydroxylation sites is 1. The summed E-state index contributed by atoms with van der Waals surface area (Å²) in [6, 6.07) is 7.26. The van der Waals surface area contributed by atoms with E-state index in [0.717, 1.165) is 31.6 Å². The first-order chi connectivity index (χ1) is 15.9. The molecule has 0 saturated heterocycles. The van der Waals surface area contributed by atoms with Gasteiger partial charge >= 0.3 is 5.63 Å². The summed E-state index contributed by atoms with van der Waals surface area (Å²) >= 11 is 1.21. The van der Waals surface area contributed by atoms with Gasteiger partial charge in [0.05, 0.1) is 18.4 Å². The number of benzene rings is 1. The molecule has 0 spiro atoms. The summed E-state index contributed by atoms with van der Waals surface area (Å²) < 4.78 is 10.7. The number of nitrogens with one attached hydrogen (secondary N) is 2. The van der Waals surface area contributed by atoms with Gasteiger partial charge in [-0.05, 0) is 43.7 Å². The summed E-state index contributed by atoms with van der Waals surface area (Å²) in [4.78, 5) is 41.3. The van der Waals surface area contributed by atoms with E-state index in [1.165, 1.54) is 18.4 Å². The van der Waals surface area contributed by atoms with Gasteiger partial charge < -0.3 is 19.8 Å². The largest absolute Gasteiger partial charge is 0.493 e. The molecule has 2 aromatic heterocycles. The van der Waals surface area contributed by atoms with Crippen molar-refractivity contribution in [1.29, 1.82) is 0 Å². The summed E-state index contributed by atoms with van der Waals surface area (Å²) in [5.74, 6) is 0.799. The van der Waals surface area contributed by atoms with Crippen molar-refractivity contribution in [1.82, 2.24) is 10.3 Å². The molecule has 2 N–H and O–H groups in total. The minimum absolute atomic E-state index is 0.0712. The number of ether oxygens (including phenoxy) is 1. The van der Waals surface area contributed by atoms with Crippen molar-refractivity contribution >= 4 is 39.3 Å². The van der Waals surface area contributed by atoms with Crippen LogP contribution >= 0.6 is 11.3 Å². The topological polar surface area (TPSA) is 111 Å². The molecule has 0 atom stereocenters. The molecule has 9 heteroatoms. The Morgan fingerprint density at radius 3 is 2.70 bits per heavy atom. The second-order valence-corrected chi connectivity index (χ2v) is 9.29. The second kappa shape index (κ2) is 10.2. The lowest BCUT2D eigenvalue weighted by Gasteiger charge is -2.26. The van der Waals surface area contributed by atoms with Crippen LogP contribution < -0.4 is 21.0 Å². The molecule has 1 fully saturated rings. The van der Waals surface area contributed by atoms with E-state index < -0.39 is 5.63 Å². The van der Waals surface area contributed by atoms with Crippen LogP contribution in [-0.4, -0.2) is 29.9 Å². The zero-order chi connectivity index (χ0) is 23.4. The highest BCUT2D eigenvalue weighted by atomic mass is 32.1. The van der Waals surface area contributed by atoms with Crippen LogP contribution in [0.2, 0.25) is 0 Å². The zero-order valence-corrected chi connectivity index (χ0v) is 19.5. The lowest BCUT2D eigenvalue weighted by atomic mass is 9.87. The van der Waals surface area contributed by atoms with Crippen LogP contribution in [0, 0.1) is 5.92 Å². The first kappa shape index (κ1) is 23.0. The molecular weight excluding hydrogens is 442 g/mol. The number of methoxy groups -OCH3 is 1. The molecule has 8 nitrogen and oxygen atoms in total. The molecule has 2 amide bonds. The molecular formula is C24H27N3O5S. The monoisotopic (exact) mass is 469 g/mol. The quantitative estimate of drug-likeness (QED) is 0.498. The smallest absolute Gasteiger partial charge is 0.345 e. The Balaban J connectivity index is 1.35. The van der Waals surface area contributed by atoms with Gasteiger partial charge in [-0.25, -0.2) is 9.78 Å². The van der Waals surface area contributed by atoms with E-state index in [4.69, 9.17) is 9.15 Å². The van der Waals surface area contributed by atoms with Crippen LogP contribution in [0.5, 0.6) is 5.75 Å². The third-order valence-electron chi connectivity index (χ3n) is 5.93. The Morgan fingerprint density at radius 1 is 1.18 bits per heavy atom. The van der Waals surface area contributed by atoms with Gasteiger partial charge in [0.15, 0.2) is 16.5 Å². The normalized spacial score (nSPS) is 18.1. The van der Waals surface area contributed by atoms with Gasteiger partial charge in [0.1, 0.15) is 0 Å². The van der Waals surface area contributed by atoms with E-state index in [2.05, 4.69) is 22.5 Å². The van der Waals surface area contributed by atoms with Crippen molar-refractivity contribution in [3.05, 3.63) is 40.1 Å². The number of carbonyl (C=O) groups excluding carboxylic acids is 2. The Morgan fingerprint density at radius 2 is 1.94 bits per heavy atom. The van der Waals surface area contributed by atoms with E-state index in [0.29, 0.717) is 33.1 Å². The maximum absolute atomic E-state index is 12.5. The number of anilines is 1. The van der Waals surface area contributed by atoms with Gasteiger partial charge in [0.25, 0.3) is 0 Å². The van der Waals surface area contributed by atoms with E-state index in [1.807, 2.05) is 12.1 Å². The molecule has 0 radical (unpaired) electrons. The van der Waals surface area contributed by atoms with Gasteiger partial charge in [0.2, 0.25) is 11.8 Å². The molecule has 1 aliphatic rings. The van der Waals surface area contributed by atoms with E-state index >= 15 is 0 Å². The molecule has 33 heavy (non-hydrogen) atoms. The predicted molar refractivity (Wildman–Crippen MR) is 128 cm³/mol. The van der Waals surface area contributed by atoms with Crippen LogP contribution in [0.15, 0.2) is 38.9 Å². The van der Waals surface area contributed by atoms with Crippen LogP contribution in [0.25, 0.3) is 22.2 Å². The van der Waals surface area contributed by atoms with Crippen LogP contribution in [0.3, 0.4) is 0 Å². The number of thiazole rings is 1.